The topological polar surface area (TPSA) is 768 Å². The predicted molar refractivity (Wildman–Crippen MR) is 354 cm³/mol. The number of rotatable bonds is 33. The third-order valence-corrected chi connectivity index (χ3v) is 21.6. The van der Waals surface area contributed by atoms with E-state index in [9.17, 15) is 138 Å². The van der Waals surface area contributed by atoms with E-state index in [0.29, 0.717) is 0 Å². The van der Waals surface area contributed by atoms with Crippen LogP contribution in [-0.4, -0.2) is 547 Å². The van der Waals surface area contributed by atoms with Crippen molar-refractivity contribution in [3.63, 3.8) is 0 Å². The molecule has 10 heterocycles. The molecule has 50 atom stereocenters. The molecule has 0 saturated carbocycles. The van der Waals surface area contributed by atoms with Gasteiger partial charge in [0, 0.05) is 35.5 Å². The van der Waals surface area contributed by atoms with Crippen molar-refractivity contribution < 1.29 is 252 Å². The number of hydrogen-bond donors (Lipinski definition) is 27. The molecule has 0 aliphatic carbocycles. The average molecular weight is 1710 g/mol. The minimum Gasteiger partial charge on any atom is -0.394 e. The summed E-state index contributed by atoms with van der Waals surface area (Å²) in [5, 5.41) is 300. The van der Waals surface area contributed by atoms with Crippen molar-refractivity contribution in [2.24, 2.45) is 0 Å². The van der Waals surface area contributed by atoms with Gasteiger partial charge in [0.25, 0.3) is 0 Å². The Hall–Kier alpha value is -2.04. The molecule has 1 unspecified atom stereocenters. The number of hydrogen-bond acceptors (Lipinski definition) is 51. The molecule has 0 bridgehead atoms. The lowest BCUT2D eigenvalue weighted by Gasteiger charge is -2.51. The fraction of sp³-hybridized carbons (Fsp3) is 1.00. The first-order valence-corrected chi connectivity index (χ1v) is 37.1. The van der Waals surface area contributed by atoms with Crippen LogP contribution in [0.15, 0.2) is 0 Å². The van der Waals surface area contributed by atoms with Crippen LogP contribution in [0.3, 0.4) is 0 Å². The normalized spacial score (nSPS) is 51.9. The van der Waals surface area contributed by atoms with Gasteiger partial charge < -0.3 is 252 Å². The number of ether oxygens (including phenoxy) is 24. The second-order valence-electron chi connectivity index (χ2n) is 29.4. The van der Waals surface area contributed by atoms with Crippen molar-refractivity contribution in [3.8, 4) is 0 Å². The van der Waals surface area contributed by atoms with E-state index < -0.39 is 367 Å². The molecule has 10 aliphatic rings. The van der Waals surface area contributed by atoms with Crippen LogP contribution in [-0.2, 0) is 114 Å². The Balaban J connectivity index is 0.859. The van der Waals surface area contributed by atoms with Crippen molar-refractivity contribution in [2.45, 2.75) is 307 Å². The maximum absolute atomic E-state index is 12.6. The second-order valence-corrected chi connectivity index (χ2v) is 29.4. The Bertz CT molecular complexity index is 2880. The van der Waals surface area contributed by atoms with Crippen molar-refractivity contribution in [3.05, 3.63) is 0 Å². The van der Waals surface area contributed by atoms with Crippen LogP contribution >= 0.6 is 0 Å². The molecular weight excluding hydrogens is 1600 g/mol. The maximum atomic E-state index is 12.6. The standard InChI is InChI=1S/C65H112O51/c1-93-10-20-28(72)33(77)41(85)60(104-20)110-49-22(11-94-2)105-62(43(87)35(49)79)111-50-23(12-95-3)106-63(44(88)36(50)80)112-51-24(13-96-4)107-64(45(89)37(51)81)114-53-25(14-97-5)108-65(47(91)55(53)116-59-40(84)32(76)27(71)17(7-67)101-59)109-48-18(8-68)103-61(42(86)34(48)78)115-54-46(90)57(98-15-21-29(73)30(74)38(82)56(92)99-21)102-19(9-69)52(54)113-58-39(83)31(75)26(70)16(6-66)100-58/h16-92H,6-15H2,1-5H3/t16-,17-,18-,19-,20-,21-,22-,23-,24-,25-,26-,27-,28-,29-,30+,31+,32+,33+,34-,35-,36-,37-,38-,39-,40-,41-,42-,43-,44-,45-,46-,47-,48-,49-,50-,51-,52-,53-,54-,55-,56?,57+,58+,59-,60-,61+,62-,63-,64-,65-/m1/s1. The summed E-state index contributed by atoms with van der Waals surface area (Å²) >= 11 is 0. The van der Waals surface area contributed by atoms with Gasteiger partial charge in [0.2, 0.25) is 0 Å². The Morgan fingerprint density at radius 2 is 0.379 bits per heavy atom. The summed E-state index contributed by atoms with van der Waals surface area (Å²) in [5.41, 5.74) is 0. The fourth-order valence-corrected chi connectivity index (χ4v) is 15.1. The van der Waals surface area contributed by atoms with Gasteiger partial charge in [0.1, 0.15) is 244 Å². The zero-order valence-electron chi connectivity index (χ0n) is 62.8. The summed E-state index contributed by atoms with van der Waals surface area (Å²) in [6, 6.07) is 0. The molecule has 116 heavy (non-hydrogen) atoms. The molecule has 10 aliphatic heterocycles. The van der Waals surface area contributed by atoms with E-state index in [1.165, 1.54) is 21.3 Å². The average Bonchev–Trinajstić information content (AvgIpc) is 0.761. The van der Waals surface area contributed by atoms with E-state index in [2.05, 4.69) is 0 Å². The second kappa shape index (κ2) is 42.8. The highest BCUT2D eigenvalue weighted by atomic mass is 16.8. The lowest BCUT2D eigenvalue weighted by molar-refractivity contribution is -0.411. The maximum Gasteiger partial charge on any atom is 0.187 e. The van der Waals surface area contributed by atoms with Crippen LogP contribution in [0.5, 0.6) is 0 Å². The summed E-state index contributed by atoms with van der Waals surface area (Å²) in [5.74, 6) is 0. The zero-order chi connectivity index (χ0) is 84.9. The molecule has 0 aromatic rings. The molecule has 0 spiro atoms. The zero-order valence-corrected chi connectivity index (χ0v) is 62.8. The molecule has 10 rings (SSSR count). The number of methoxy groups -OCH3 is 5. The molecular formula is C65H112O51. The highest BCUT2D eigenvalue weighted by Gasteiger charge is 2.62. The molecule has 51 nitrogen and oxygen atoms in total. The lowest BCUT2D eigenvalue weighted by atomic mass is 9.94. The lowest BCUT2D eigenvalue weighted by Crippen LogP contribution is -2.69. The summed E-state index contributed by atoms with van der Waals surface area (Å²) in [6.45, 7) is -7.65. The molecule has 27 N–H and O–H groups in total. The van der Waals surface area contributed by atoms with E-state index in [0.717, 1.165) is 14.2 Å². The van der Waals surface area contributed by atoms with E-state index in [1.807, 2.05) is 0 Å². The van der Waals surface area contributed by atoms with Crippen molar-refractivity contribution in [1.29, 1.82) is 0 Å². The summed E-state index contributed by atoms with van der Waals surface area (Å²) in [6.07, 6.45) is -99.1. The van der Waals surface area contributed by atoms with Crippen LogP contribution in [0.4, 0.5) is 0 Å². The smallest absolute Gasteiger partial charge is 0.187 e. The largest absolute Gasteiger partial charge is 0.394 e. The van der Waals surface area contributed by atoms with Crippen LogP contribution in [0.1, 0.15) is 0 Å². The van der Waals surface area contributed by atoms with E-state index in [1.54, 1.807) is 0 Å². The molecule has 678 valence electrons. The van der Waals surface area contributed by atoms with Crippen molar-refractivity contribution in [1.82, 2.24) is 0 Å². The molecule has 51 heteroatoms. The van der Waals surface area contributed by atoms with Gasteiger partial charge in [-0.3, -0.25) is 0 Å². The first-order valence-electron chi connectivity index (χ1n) is 37.1. The highest BCUT2D eigenvalue weighted by molar-refractivity contribution is 5.04. The molecule has 10 saturated heterocycles. The summed E-state index contributed by atoms with van der Waals surface area (Å²) in [4.78, 5) is 0. The Morgan fingerprint density at radius 3 is 0.716 bits per heavy atom. The number of aliphatic hydroxyl groups excluding tert-OH is 27. The molecule has 0 amide bonds. The van der Waals surface area contributed by atoms with E-state index >= 15 is 0 Å². The van der Waals surface area contributed by atoms with Gasteiger partial charge in [-0.1, -0.05) is 0 Å². The van der Waals surface area contributed by atoms with E-state index in [4.69, 9.17) is 114 Å². The third-order valence-electron chi connectivity index (χ3n) is 21.6. The molecule has 0 aromatic carbocycles. The van der Waals surface area contributed by atoms with Gasteiger partial charge in [-0.25, -0.2) is 0 Å². The highest BCUT2D eigenvalue weighted by Crippen LogP contribution is 2.42. The Kier molecular flexibility index (Phi) is 35.5. The Morgan fingerprint density at radius 1 is 0.172 bits per heavy atom. The minimum absolute atomic E-state index is 0.272. The van der Waals surface area contributed by atoms with Crippen LogP contribution in [0.25, 0.3) is 0 Å². The van der Waals surface area contributed by atoms with Crippen LogP contribution < -0.4 is 0 Å². The quantitative estimate of drug-likeness (QED) is 0.0290. The van der Waals surface area contributed by atoms with Crippen LogP contribution in [0.2, 0.25) is 0 Å². The minimum atomic E-state index is -2.45. The van der Waals surface area contributed by atoms with Crippen molar-refractivity contribution >= 4 is 0 Å². The van der Waals surface area contributed by atoms with Gasteiger partial charge in [0.15, 0.2) is 62.9 Å². The summed E-state index contributed by atoms with van der Waals surface area (Å²) in [7, 11) is 5.99. The van der Waals surface area contributed by atoms with Gasteiger partial charge >= 0.3 is 0 Å². The fourth-order valence-electron chi connectivity index (χ4n) is 15.1. The first-order chi connectivity index (χ1) is 55.2. The van der Waals surface area contributed by atoms with Gasteiger partial charge in [-0.2, -0.15) is 0 Å². The van der Waals surface area contributed by atoms with Gasteiger partial charge in [0.05, 0.1) is 66.1 Å². The molecule has 0 aromatic heterocycles. The predicted octanol–water partition coefficient (Wildman–Crippen LogP) is -19.5. The Labute approximate surface area is 658 Å². The SMILES string of the molecule is COC[C@H]1O[C@H](O[C@H]2[C@H](O)[C@@H](O)[C@@H](O[C@H]3[C@H](O)[C@@H](O)[C@@H](O[C@H]4[C@H](O)[C@@H](O)[C@@H](O[C@H]5[C@H](O[C@H]6O[C@H](CO)[C@@H](O)[C@H](O)[C@H]6O)[C@@H](O)[C@@H](O[C@H]6[C@H](O)[C@@H](O)[C@H](O[C@@H]7[C@@H](O)[C@@H](OC[C@H]8OC(O)[C@H](O)[C@@H](O)[C@@H]8O)O[C@H](CO)[C@H]7O[C@@H]7O[C@H](CO)[C@@H](O)[C@H](O)[C@H]7O)O[C@@H]6CO)O[C@@H]5COC)O[C@@H]4COC)O[C@@H]3COC)O[C@@H]2COC)[C@H](O)[C@@H](O)[C@@H]1O. The van der Waals surface area contributed by atoms with Crippen molar-refractivity contribution in [2.75, 3.05) is 102 Å². The molecule has 10 fully saturated rings. The summed E-state index contributed by atoms with van der Waals surface area (Å²) < 4.78 is 139. The van der Waals surface area contributed by atoms with Gasteiger partial charge in [-0.05, 0) is 0 Å². The molecule has 0 radical (unpaired) electrons. The first kappa shape index (κ1) is 96.2. The van der Waals surface area contributed by atoms with E-state index in [-0.39, 0.29) is 6.61 Å². The van der Waals surface area contributed by atoms with Crippen LogP contribution in [0, 0.1) is 0 Å². The van der Waals surface area contributed by atoms with Gasteiger partial charge in [-0.15, -0.1) is 0 Å². The third kappa shape index (κ3) is 20.7. The monoisotopic (exact) mass is 1710 g/mol. The number of aliphatic hydroxyl groups is 27.